The van der Waals surface area contributed by atoms with Gasteiger partial charge in [0, 0.05) is 7.05 Å². The van der Waals surface area contributed by atoms with Gasteiger partial charge in [-0.05, 0) is 24.1 Å². The molecule has 0 aliphatic heterocycles. The van der Waals surface area contributed by atoms with Crippen LogP contribution in [0, 0.1) is 11.3 Å². The lowest BCUT2D eigenvalue weighted by atomic mass is 10.1. The summed E-state index contributed by atoms with van der Waals surface area (Å²) in [6.45, 7) is 4.11. The van der Waals surface area contributed by atoms with Gasteiger partial charge in [0.25, 0.3) is 0 Å². The van der Waals surface area contributed by atoms with Gasteiger partial charge in [0.15, 0.2) is 0 Å². The summed E-state index contributed by atoms with van der Waals surface area (Å²) in [6.07, 6.45) is 1.46. The van der Waals surface area contributed by atoms with Crippen molar-refractivity contribution in [3.05, 3.63) is 41.7 Å². The van der Waals surface area contributed by atoms with Crippen molar-refractivity contribution in [2.45, 2.75) is 19.8 Å². The minimum absolute atomic E-state index is 0.216. The normalized spacial score (nSPS) is 10.2. The fourth-order valence-corrected chi connectivity index (χ4v) is 1.92. The molecule has 102 valence electrons. The van der Waals surface area contributed by atoms with Gasteiger partial charge in [-0.15, -0.1) is 0 Å². The standard InChI is InChI=1S/C15H16N4O/c1-10(2)13-14(17-3)18-9-19-15(13)20-12-6-4-5-11(7-12)8-16/h4-7,9-10H,1-3H3,(H,17,18,19). The molecule has 2 aromatic rings. The summed E-state index contributed by atoms with van der Waals surface area (Å²) in [6, 6.07) is 9.08. The van der Waals surface area contributed by atoms with Crippen LogP contribution in [0.5, 0.6) is 11.6 Å². The van der Waals surface area contributed by atoms with Crippen LogP contribution in [0.2, 0.25) is 0 Å². The van der Waals surface area contributed by atoms with E-state index in [9.17, 15) is 0 Å². The van der Waals surface area contributed by atoms with E-state index >= 15 is 0 Å². The third-order valence-electron chi connectivity index (χ3n) is 2.84. The average Bonchev–Trinajstić information content (AvgIpc) is 2.46. The lowest BCUT2D eigenvalue weighted by Gasteiger charge is -2.15. The summed E-state index contributed by atoms with van der Waals surface area (Å²) in [5, 5.41) is 12.0. The van der Waals surface area contributed by atoms with Gasteiger partial charge in [-0.1, -0.05) is 19.9 Å². The first-order chi connectivity index (χ1) is 9.65. The largest absolute Gasteiger partial charge is 0.438 e. The van der Waals surface area contributed by atoms with Gasteiger partial charge < -0.3 is 10.1 Å². The second-order valence-electron chi connectivity index (χ2n) is 4.59. The van der Waals surface area contributed by atoms with Crippen LogP contribution < -0.4 is 10.1 Å². The number of benzene rings is 1. The third kappa shape index (κ3) is 2.86. The Morgan fingerprint density at radius 3 is 2.75 bits per heavy atom. The van der Waals surface area contributed by atoms with Crippen molar-refractivity contribution in [1.29, 1.82) is 5.26 Å². The van der Waals surface area contributed by atoms with Gasteiger partial charge in [0.2, 0.25) is 5.88 Å². The zero-order valence-electron chi connectivity index (χ0n) is 11.7. The SMILES string of the molecule is CNc1ncnc(Oc2cccc(C#N)c2)c1C(C)C. The van der Waals surface area contributed by atoms with E-state index in [2.05, 4.69) is 35.2 Å². The van der Waals surface area contributed by atoms with E-state index in [-0.39, 0.29) is 5.92 Å². The van der Waals surface area contributed by atoms with Crippen molar-refractivity contribution in [2.24, 2.45) is 0 Å². The van der Waals surface area contributed by atoms with Gasteiger partial charge in [0.1, 0.15) is 17.9 Å². The summed E-state index contributed by atoms with van der Waals surface area (Å²) >= 11 is 0. The molecule has 1 N–H and O–H groups in total. The van der Waals surface area contributed by atoms with Gasteiger partial charge in [0.05, 0.1) is 17.2 Å². The van der Waals surface area contributed by atoms with Gasteiger partial charge in [-0.2, -0.15) is 5.26 Å². The maximum atomic E-state index is 8.91. The molecular weight excluding hydrogens is 252 g/mol. The number of rotatable bonds is 4. The molecule has 0 radical (unpaired) electrons. The van der Waals surface area contributed by atoms with Gasteiger partial charge in [-0.3, -0.25) is 0 Å². The Labute approximate surface area is 118 Å². The van der Waals surface area contributed by atoms with Crippen molar-refractivity contribution >= 4 is 5.82 Å². The van der Waals surface area contributed by atoms with E-state index < -0.39 is 0 Å². The fraction of sp³-hybridized carbons (Fsp3) is 0.267. The highest BCUT2D eigenvalue weighted by atomic mass is 16.5. The van der Waals surface area contributed by atoms with E-state index in [0.29, 0.717) is 17.2 Å². The predicted octanol–water partition coefficient (Wildman–Crippen LogP) is 3.31. The maximum Gasteiger partial charge on any atom is 0.227 e. The average molecular weight is 268 g/mol. The molecule has 0 fully saturated rings. The molecule has 0 bridgehead atoms. The van der Waals surface area contributed by atoms with Crippen molar-refractivity contribution in [2.75, 3.05) is 12.4 Å². The molecule has 1 aromatic heterocycles. The van der Waals surface area contributed by atoms with Crippen LogP contribution in [0.25, 0.3) is 0 Å². The third-order valence-corrected chi connectivity index (χ3v) is 2.84. The Morgan fingerprint density at radius 2 is 2.10 bits per heavy atom. The van der Waals surface area contributed by atoms with E-state index in [1.165, 1.54) is 6.33 Å². The van der Waals surface area contributed by atoms with Crippen LogP contribution in [0.1, 0.15) is 30.9 Å². The fourth-order valence-electron chi connectivity index (χ4n) is 1.92. The Balaban J connectivity index is 2.40. The predicted molar refractivity (Wildman–Crippen MR) is 76.9 cm³/mol. The van der Waals surface area contributed by atoms with Crippen molar-refractivity contribution in [1.82, 2.24) is 9.97 Å². The molecule has 5 heteroatoms. The molecule has 0 spiro atoms. The van der Waals surface area contributed by atoms with E-state index in [0.717, 1.165) is 11.4 Å². The number of aromatic nitrogens is 2. The summed E-state index contributed by atoms with van der Waals surface area (Å²) < 4.78 is 5.81. The van der Waals surface area contributed by atoms with E-state index in [1.807, 2.05) is 7.05 Å². The zero-order valence-corrected chi connectivity index (χ0v) is 11.7. The lowest BCUT2D eigenvalue weighted by molar-refractivity contribution is 0.451. The van der Waals surface area contributed by atoms with Gasteiger partial charge in [-0.25, -0.2) is 9.97 Å². The molecule has 0 unspecified atom stereocenters. The molecule has 20 heavy (non-hydrogen) atoms. The van der Waals surface area contributed by atoms with Crippen LogP contribution in [0.4, 0.5) is 5.82 Å². The maximum absolute atomic E-state index is 8.91. The number of nitrogens with zero attached hydrogens (tertiary/aromatic N) is 3. The van der Waals surface area contributed by atoms with Crippen molar-refractivity contribution in [3.8, 4) is 17.7 Å². The molecule has 0 saturated heterocycles. The minimum Gasteiger partial charge on any atom is -0.438 e. The first-order valence-electron chi connectivity index (χ1n) is 6.36. The number of nitrogens with one attached hydrogen (secondary N) is 1. The molecule has 0 aliphatic carbocycles. The number of anilines is 1. The Kier molecular flexibility index (Phi) is 4.16. The Bertz CT molecular complexity index is 647. The van der Waals surface area contributed by atoms with E-state index in [1.54, 1.807) is 24.3 Å². The Morgan fingerprint density at radius 1 is 1.30 bits per heavy atom. The van der Waals surface area contributed by atoms with Crippen LogP contribution in [-0.2, 0) is 0 Å². The van der Waals surface area contributed by atoms with Crippen molar-refractivity contribution < 1.29 is 4.74 Å². The molecule has 0 saturated carbocycles. The second kappa shape index (κ2) is 6.02. The number of ether oxygens (including phenoxy) is 1. The molecule has 5 nitrogen and oxygen atoms in total. The summed E-state index contributed by atoms with van der Waals surface area (Å²) in [5.74, 6) is 2.07. The second-order valence-corrected chi connectivity index (χ2v) is 4.59. The molecule has 0 amide bonds. The zero-order chi connectivity index (χ0) is 14.5. The Hall–Kier alpha value is -2.61. The van der Waals surface area contributed by atoms with Crippen molar-refractivity contribution in [3.63, 3.8) is 0 Å². The minimum atomic E-state index is 0.216. The highest BCUT2D eigenvalue weighted by Crippen LogP contribution is 2.32. The van der Waals surface area contributed by atoms with Crippen LogP contribution in [0.3, 0.4) is 0 Å². The van der Waals surface area contributed by atoms with Gasteiger partial charge >= 0.3 is 0 Å². The lowest BCUT2D eigenvalue weighted by Crippen LogP contribution is -2.04. The quantitative estimate of drug-likeness (QED) is 0.921. The highest BCUT2D eigenvalue weighted by molar-refractivity contribution is 5.51. The summed E-state index contributed by atoms with van der Waals surface area (Å²) in [5.41, 5.74) is 1.47. The number of hydrogen-bond acceptors (Lipinski definition) is 5. The smallest absolute Gasteiger partial charge is 0.227 e. The molecule has 0 atom stereocenters. The highest BCUT2D eigenvalue weighted by Gasteiger charge is 2.16. The first-order valence-corrected chi connectivity index (χ1v) is 6.36. The van der Waals surface area contributed by atoms with Crippen LogP contribution >= 0.6 is 0 Å². The summed E-state index contributed by atoms with van der Waals surface area (Å²) in [4.78, 5) is 8.40. The molecular formula is C15H16N4O. The molecule has 2 rings (SSSR count). The monoisotopic (exact) mass is 268 g/mol. The van der Waals surface area contributed by atoms with Crippen LogP contribution in [0.15, 0.2) is 30.6 Å². The molecule has 1 heterocycles. The summed E-state index contributed by atoms with van der Waals surface area (Å²) in [7, 11) is 1.81. The number of hydrogen-bond donors (Lipinski definition) is 1. The topological polar surface area (TPSA) is 70.8 Å². The number of nitriles is 1. The van der Waals surface area contributed by atoms with E-state index in [4.69, 9.17) is 10.00 Å². The molecule has 1 aromatic carbocycles. The molecule has 0 aliphatic rings. The first kappa shape index (κ1) is 13.8. The van der Waals surface area contributed by atoms with Crippen LogP contribution in [-0.4, -0.2) is 17.0 Å².